The third kappa shape index (κ3) is 8.51. The lowest BCUT2D eigenvalue weighted by molar-refractivity contribution is -0.103. The molecule has 4 aromatic carbocycles. The Balaban J connectivity index is 1.39. The second-order valence-corrected chi connectivity index (χ2v) is 20.6. The predicted molar refractivity (Wildman–Crippen MR) is 222 cm³/mol. The Labute approximate surface area is 337 Å². The summed E-state index contributed by atoms with van der Waals surface area (Å²) in [4.78, 5) is 30.2. The van der Waals surface area contributed by atoms with Gasteiger partial charge < -0.3 is 38.3 Å². The number of likely N-dealkylation sites (N-methyl/N-ethyl adjacent to an activating group) is 1. The van der Waals surface area contributed by atoms with Gasteiger partial charge in [0.2, 0.25) is 0 Å². The Bertz CT molecular complexity index is 1940. The quantitative estimate of drug-likeness (QED) is 0.102. The number of ether oxygens (including phenoxy) is 5. The summed E-state index contributed by atoms with van der Waals surface area (Å²) in [6.45, 7) is 11.0. The van der Waals surface area contributed by atoms with Gasteiger partial charge in [0.05, 0.1) is 20.8 Å². The maximum Gasteiger partial charge on any atom is 0.327 e. The van der Waals surface area contributed by atoms with Gasteiger partial charge in [-0.05, 0) is 77.3 Å². The molecular formula is C45H55N3O8Si. The van der Waals surface area contributed by atoms with Crippen molar-refractivity contribution in [2.45, 2.75) is 75.2 Å². The van der Waals surface area contributed by atoms with Gasteiger partial charge in [-0.3, -0.25) is 9.69 Å². The summed E-state index contributed by atoms with van der Waals surface area (Å²) in [7, 11) is 4.09. The number of hydrogen-bond donors (Lipinski definition) is 1. The Hall–Kier alpha value is -4.98. The minimum absolute atomic E-state index is 0.0694. The van der Waals surface area contributed by atoms with E-state index in [2.05, 4.69) is 39.2 Å². The summed E-state index contributed by atoms with van der Waals surface area (Å²) >= 11 is 0. The van der Waals surface area contributed by atoms with Crippen LogP contribution in [-0.4, -0.2) is 95.7 Å². The van der Waals surface area contributed by atoms with Gasteiger partial charge >= 0.3 is 6.03 Å². The molecule has 3 amide bonds. The van der Waals surface area contributed by atoms with Crippen molar-refractivity contribution in [2.24, 2.45) is 0 Å². The fourth-order valence-corrected chi connectivity index (χ4v) is 8.39. The highest BCUT2D eigenvalue weighted by atomic mass is 28.4. The van der Waals surface area contributed by atoms with Crippen LogP contribution in [-0.2, 0) is 24.2 Å². The van der Waals surface area contributed by atoms with Gasteiger partial charge in [0.25, 0.3) is 5.91 Å². The zero-order chi connectivity index (χ0) is 41.0. The molecular weight excluding hydrogens is 739 g/mol. The molecule has 0 saturated carbocycles. The van der Waals surface area contributed by atoms with Crippen LogP contribution in [0.2, 0.25) is 18.1 Å². The van der Waals surface area contributed by atoms with Gasteiger partial charge in [-0.2, -0.15) is 0 Å². The van der Waals surface area contributed by atoms with Crippen LogP contribution in [0.4, 0.5) is 4.79 Å². The minimum Gasteiger partial charge on any atom is -0.497 e. The van der Waals surface area contributed by atoms with Crippen LogP contribution in [0.15, 0.2) is 121 Å². The van der Waals surface area contributed by atoms with Gasteiger partial charge in [0.15, 0.2) is 14.5 Å². The number of rotatable bonds is 14. The summed E-state index contributed by atoms with van der Waals surface area (Å²) in [5.74, 6) is 1.14. The molecule has 2 heterocycles. The first-order chi connectivity index (χ1) is 27.2. The maximum absolute atomic E-state index is 14.2. The van der Waals surface area contributed by atoms with E-state index in [4.69, 9.17) is 28.1 Å². The molecule has 1 fully saturated rings. The molecule has 4 aromatic rings. The van der Waals surface area contributed by atoms with Crippen molar-refractivity contribution in [3.63, 3.8) is 0 Å². The van der Waals surface area contributed by atoms with E-state index in [9.17, 15) is 9.59 Å². The number of nitrogens with zero attached hydrogens (tertiary/aromatic N) is 2. The van der Waals surface area contributed by atoms with Crippen molar-refractivity contribution in [1.82, 2.24) is 15.1 Å². The lowest BCUT2D eigenvalue weighted by Gasteiger charge is -2.41. The van der Waals surface area contributed by atoms with Crippen LogP contribution in [0.25, 0.3) is 0 Å². The largest absolute Gasteiger partial charge is 0.497 e. The van der Waals surface area contributed by atoms with Gasteiger partial charge in [-0.25, -0.2) is 4.79 Å². The van der Waals surface area contributed by atoms with Crippen molar-refractivity contribution in [2.75, 3.05) is 35.0 Å². The first-order valence-electron chi connectivity index (χ1n) is 19.2. The summed E-state index contributed by atoms with van der Waals surface area (Å²) in [5, 5.41) is 2.80. The Kier molecular flexibility index (Phi) is 12.6. The van der Waals surface area contributed by atoms with Crippen LogP contribution < -0.4 is 14.8 Å². The molecule has 0 aromatic heterocycles. The van der Waals surface area contributed by atoms with E-state index in [1.54, 1.807) is 64.9 Å². The van der Waals surface area contributed by atoms with E-state index in [1.807, 2.05) is 84.9 Å². The average Bonchev–Trinajstić information content (AvgIpc) is 3.56. The highest BCUT2D eigenvalue weighted by Crippen LogP contribution is 2.45. The first-order valence-corrected chi connectivity index (χ1v) is 22.1. The second kappa shape index (κ2) is 17.2. The monoisotopic (exact) mass is 793 g/mol. The van der Waals surface area contributed by atoms with Crippen LogP contribution in [0.3, 0.4) is 0 Å². The normalized spacial score (nSPS) is 21.4. The van der Waals surface area contributed by atoms with Gasteiger partial charge in [0.1, 0.15) is 41.6 Å². The lowest BCUT2D eigenvalue weighted by Crippen LogP contribution is -2.58. The van der Waals surface area contributed by atoms with Crippen LogP contribution >= 0.6 is 0 Å². The number of nitrogens with one attached hydrogen (secondary N) is 1. The molecule has 0 aliphatic carbocycles. The van der Waals surface area contributed by atoms with Crippen molar-refractivity contribution in [3.8, 4) is 11.5 Å². The van der Waals surface area contributed by atoms with Gasteiger partial charge in [-0.15, -0.1) is 0 Å². The Morgan fingerprint density at radius 3 is 1.81 bits per heavy atom. The van der Waals surface area contributed by atoms with E-state index < -0.39 is 44.6 Å². The summed E-state index contributed by atoms with van der Waals surface area (Å²) < 4.78 is 38.7. The molecule has 12 heteroatoms. The molecule has 0 bridgehead atoms. The highest BCUT2D eigenvalue weighted by Gasteiger charge is 2.54. The van der Waals surface area contributed by atoms with E-state index in [0.717, 1.165) is 16.7 Å². The molecule has 302 valence electrons. The lowest BCUT2D eigenvalue weighted by atomic mass is 9.80. The topological polar surface area (TPSA) is 108 Å². The third-order valence-corrected chi connectivity index (χ3v) is 15.9. The van der Waals surface area contributed by atoms with Crippen LogP contribution in [0.1, 0.15) is 47.8 Å². The second-order valence-electron chi connectivity index (χ2n) is 15.9. The molecule has 2 aliphatic rings. The van der Waals surface area contributed by atoms with E-state index in [-0.39, 0.29) is 23.6 Å². The average molecular weight is 794 g/mol. The van der Waals surface area contributed by atoms with Crippen molar-refractivity contribution >= 4 is 20.3 Å². The van der Waals surface area contributed by atoms with E-state index >= 15 is 0 Å². The SMILES string of the molecule is COc1ccc(C(OC[C@H]2O[C@@H](N3C=C[C@@H](NC(=O)c4ccccc4)N(C)C3=O)[C@H](OC)[C@H]2O[Si](C)(C)C(C)(C)C)(c2ccccc2)c2ccc(OC)cc2)cc1. The number of urea groups is 1. The number of methoxy groups -OCH3 is 3. The molecule has 1 saturated heterocycles. The maximum atomic E-state index is 14.2. The molecule has 0 spiro atoms. The molecule has 1 N–H and O–H groups in total. The molecule has 11 nitrogen and oxygen atoms in total. The summed E-state index contributed by atoms with van der Waals surface area (Å²) in [5.41, 5.74) is 2.03. The smallest absolute Gasteiger partial charge is 0.327 e. The number of carbonyl (C=O) groups is 2. The number of carbonyl (C=O) groups excluding carboxylic acids is 2. The first kappa shape index (κ1) is 41.6. The minimum atomic E-state index is -2.45. The fourth-order valence-electron chi connectivity index (χ4n) is 7.07. The molecule has 6 rings (SSSR count). The number of amides is 3. The van der Waals surface area contributed by atoms with E-state index in [1.165, 1.54) is 9.80 Å². The standard InChI is InChI=1S/C45H55N3O8Si/c1-44(2,3)57(8,9)56-39-37(55-42(40(39)53-7)48-29-28-38(47(4)43(48)50)46-41(49)31-16-12-10-13-17-31)30-54-45(32-18-14-11-15-19-32,33-20-24-35(51-5)25-21-33)34-22-26-36(52-6)27-23-34/h10-29,37-40,42H,30H2,1-9H3,(H,46,49)/t37-,38+,39+,40-,42-/m1/s1. The molecule has 57 heavy (non-hydrogen) atoms. The molecule has 0 radical (unpaired) electrons. The molecule has 0 unspecified atom stereocenters. The van der Waals surface area contributed by atoms with Crippen molar-refractivity contribution in [1.29, 1.82) is 0 Å². The van der Waals surface area contributed by atoms with Crippen LogP contribution in [0, 0.1) is 0 Å². The third-order valence-electron chi connectivity index (χ3n) is 11.4. The van der Waals surface area contributed by atoms with Gasteiger partial charge in [0, 0.05) is 25.9 Å². The molecule has 5 atom stereocenters. The Morgan fingerprint density at radius 1 is 0.772 bits per heavy atom. The fraction of sp³-hybridized carbons (Fsp3) is 0.378. The highest BCUT2D eigenvalue weighted by molar-refractivity contribution is 6.74. The van der Waals surface area contributed by atoms with Crippen molar-refractivity contribution < 1.29 is 37.7 Å². The zero-order valence-electron chi connectivity index (χ0n) is 34.3. The van der Waals surface area contributed by atoms with E-state index in [0.29, 0.717) is 17.1 Å². The van der Waals surface area contributed by atoms with Gasteiger partial charge in [-0.1, -0.05) is 93.6 Å². The Morgan fingerprint density at radius 2 is 1.30 bits per heavy atom. The summed E-state index contributed by atoms with van der Waals surface area (Å²) in [6.07, 6.45) is -0.0900. The summed E-state index contributed by atoms with van der Waals surface area (Å²) in [6, 6.07) is 34.3. The predicted octanol–water partition coefficient (Wildman–Crippen LogP) is 7.78. The van der Waals surface area contributed by atoms with Crippen LogP contribution in [0.5, 0.6) is 11.5 Å². The molecule has 2 aliphatic heterocycles. The number of hydrogen-bond acceptors (Lipinski definition) is 8. The van der Waals surface area contributed by atoms with Crippen molar-refractivity contribution in [3.05, 3.63) is 144 Å². The number of benzene rings is 4. The zero-order valence-corrected chi connectivity index (χ0v) is 35.3.